The third-order valence-corrected chi connectivity index (χ3v) is 3.26. The van der Waals surface area contributed by atoms with Crippen LogP contribution in [-0.2, 0) is 10.0 Å². The molecule has 1 aromatic rings. The van der Waals surface area contributed by atoms with E-state index in [0.717, 1.165) is 0 Å². The van der Waals surface area contributed by atoms with Crippen LogP contribution >= 0.6 is 15.9 Å². The van der Waals surface area contributed by atoms with Crippen molar-refractivity contribution in [3.8, 4) is 6.07 Å². The van der Waals surface area contributed by atoms with Crippen molar-refractivity contribution >= 4 is 26.0 Å². The number of nitrogens with zero attached hydrogens (tertiary/aromatic N) is 1. The third kappa shape index (κ3) is 2.28. The number of sulfonamides is 1. The highest BCUT2D eigenvalue weighted by molar-refractivity contribution is 9.10. The second-order valence-corrected chi connectivity index (χ2v) is 4.69. The van der Waals surface area contributed by atoms with Crippen LogP contribution < -0.4 is 5.14 Å². The van der Waals surface area contributed by atoms with Gasteiger partial charge in [-0.15, -0.1) is 0 Å². The molecule has 0 spiro atoms. The van der Waals surface area contributed by atoms with Gasteiger partial charge in [-0.3, -0.25) is 0 Å². The van der Waals surface area contributed by atoms with Gasteiger partial charge in [0.1, 0.15) is 0 Å². The van der Waals surface area contributed by atoms with Gasteiger partial charge >= 0.3 is 0 Å². The molecule has 0 bridgehead atoms. The van der Waals surface area contributed by atoms with Crippen LogP contribution in [0.2, 0.25) is 0 Å². The first-order valence-electron chi connectivity index (χ1n) is 3.17. The van der Waals surface area contributed by atoms with Gasteiger partial charge in [-0.1, -0.05) is 0 Å². The molecule has 1 aromatic carbocycles. The molecule has 0 saturated carbocycles. The average molecular weight is 261 g/mol. The number of benzene rings is 1. The summed E-state index contributed by atoms with van der Waals surface area (Å²) in [5.41, 5.74) is 0.374. The van der Waals surface area contributed by atoms with Crippen molar-refractivity contribution in [3.05, 3.63) is 28.2 Å². The largest absolute Gasteiger partial charge is 0.239 e. The minimum atomic E-state index is -3.71. The zero-order valence-electron chi connectivity index (χ0n) is 6.36. The SMILES string of the molecule is N#Cc1ccc(S(N)(=O)=O)c(Br)c1. The molecule has 4 nitrogen and oxygen atoms in total. The zero-order chi connectivity index (χ0) is 10.1. The molecule has 0 amide bonds. The van der Waals surface area contributed by atoms with E-state index in [9.17, 15) is 8.42 Å². The summed E-state index contributed by atoms with van der Waals surface area (Å²) >= 11 is 3.01. The first-order valence-corrected chi connectivity index (χ1v) is 5.51. The number of nitriles is 1. The van der Waals surface area contributed by atoms with Crippen molar-refractivity contribution in [1.29, 1.82) is 5.26 Å². The fourth-order valence-electron chi connectivity index (χ4n) is 0.801. The Labute approximate surface area is 84.2 Å². The normalized spacial score (nSPS) is 10.8. The summed E-state index contributed by atoms with van der Waals surface area (Å²) in [5, 5.41) is 13.4. The van der Waals surface area contributed by atoms with Crippen LogP contribution in [0.3, 0.4) is 0 Å². The van der Waals surface area contributed by atoms with Crippen LogP contribution in [0.1, 0.15) is 5.56 Å². The number of hydrogen-bond donors (Lipinski definition) is 1. The van der Waals surface area contributed by atoms with Crippen molar-refractivity contribution < 1.29 is 8.42 Å². The Hall–Kier alpha value is -0.900. The third-order valence-electron chi connectivity index (χ3n) is 1.37. The molecular formula is C7H5BrN2O2S. The summed E-state index contributed by atoms with van der Waals surface area (Å²) in [4.78, 5) is -0.0218. The quantitative estimate of drug-likeness (QED) is 0.817. The summed E-state index contributed by atoms with van der Waals surface area (Å²) in [7, 11) is -3.71. The van der Waals surface area contributed by atoms with Crippen LogP contribution in [0.4, 0.5) is 0 Å². The van der Waals surface area contributed by atoms with E-state index in [-0.39, 0.29) is 4.90 Å². The Balaban J connectivity index is 3.40. The van der Waals surface area contributed by atoms with Crippen molar-refractivity contribution in [3.63, 3.8) is 0 Å². The Kier molecular flexibility index (Phi) is 2.71. The Morgan fingerprint density at radius 1 is 1.46 bits per heavy atom. The topological polar surface area (TPSA) is 83.9 Å². The fraction of sp³-hybridized carbons (Fsp3) is 0. The van der Waals surface area contributed by atoms with Gasteiger partial charge in [0.25, 0.3) is 0 Å². The molecule has 0 aromatic heterocycles. The monoisotopic (exact) mass is 260 g/mol. The number of halogens is 1. The zero-order valence-corrected chi connectivity index (χ0v) is 8.76. The molecule has 0 aliphatic rings. The molecule has 0 radical (unpaired) electrons. The van der Waals surface area contributed by atoms with Crippen molar-refractivity contribution in [2.45, 2.75) is 4.90 Å². The Morgan fingerprint density at radius 2 is 2.08 bits per heavy atom. The fourth-order valence-corrected chi connectivity index (χ4v) is 2.45. The van der Waals surface area contributed by atoms with E-state index in [1.165, 1.54) is 18.2 Å². The summed E-state index contributed by atoms with van der Waals surface area (Å²) in [6, 6.07) is 5.97. The molecule has 13 heavy (non-hydrogen) atoms. The van der Waals surface area contributed by atoms with Gasteiger partial charge in [0, 0.05) is 4.47 Å². The van der Waals surface area contributed by atoms with E-state index in [1.807, 2.05) is 6.07 Å². The molecule has 0 atom stereocenters. The van der Waals surface area contributed by atoms with E-state index in [4.69, 9.17) is 10.4 Å². The maximum Gasteiger partial charge on any atom is 0.239 e. The van der Waals surface area contributed by atoms with Crippen LogP contribution in [0.25, 0.3) is 0 Å². The standard InChI is InChI=1S/C7H5BrN2O2S/c8-6-3-5(4-9)1-2-7(6)13(10,11)12/h1-3H,(H2,10,11,12). The van der Waals surface area contributed by atoms with Gasteiger partial charge < -0.3 is 0 Å². The lowest BCUT2D eigenvalue weighted by Crippen LogP contribution is -2.12. The van der Waals surface area contributed by atoms with Crippen molar-refractivity contribution in [1.82, 2.24) is 0 Å². The van der Waals surface area contributed by atoms with E-state index in [0.29, 0.717) is 10.0 Å². The molecule has 0 aliphatic carbocycles. The van der Waals surface area contributed by atoms with Crippen molar-refractivity contribution in [2.75, 3.05) is 0 Å². The average Bonchev–Trinajstić information content (AvgIpc) is 2.01. The highest BCUT2D eigenvalue weighted by Gasteiger charge is 2.12. The molecule has 1 rings (SSSR count). The van der Waals surface area contributed by atoms with Gasteiger partial charge in [-0.25, -0.2) is 13.6 Å². The Morgan fingerprint density at radius 3 is 2.46 bits per heavy atom. The first kappa shape index (κ1) is 10.2. The molecule has 6 heteroatoms. The molecule has 0 unspecified atom stereocenters. The highest BCUT2D eigenvalue weighted by Crippen LogP contribution is 2.21. The molecule has 68 valence electrons. The molecular weight excluding hydrogens is 256 g/mol. The summed E-state index contributed by atoms with van der Waals surface area (Å²) in [5.74, 6) is 0. The Bertz CT molecular complexity index is 476. The lowest BCUT2D eigenvalue weighted by Gasteiger charge is -2.00. The van der Waals surface area contributed by atoms with Crippen molar-refractivity contribution in [2.24, 2.45) is 5.14 Å². The maximum absolute atomic E-state index is 10.9. The van der Waals surface area contributed by atoms with Gasteiger partial charge in [0.2, 0.25) is 10.0 Å². The second kappa shape index (κ2) is 3.46. The maximum atomic E-state index is 10.9. The number of rotatable bonds is 1. The lowest BCUT2D eigenvalue weighted by molar-refractivity contribution is 0.597. The van der Waals surface area contributed by atoms with E-state index >= 15 is 0 Å². The van der Waals surface area contributed by atoms with E-state index in [2.05, 4.69) is 15.9 Å². The molecule has 0 heterocycles. The van der Waals surface area contributed by atoms with Crippen LogP contribution in [0, 0.1) is 11.3 Å². The molecule has 0 saturated heterocycles. The number of primary sulfonamides is 1. The smallest absolute Gasteiger partial charge is 0.225 e. The molecule has 0 aliphatic heterocycles. The lowest BCUT2D eigenvalue weighted by atomic mass is 10.2. The first-order chi connectivity index (χ1) is 5.95. The van der Waals surface area contributed by atoms with Gasteiger partial charge in [-0.2, -0.15) is 5.26 Å². The summed E-state index contributed by atoms with van der Waals surface area (Å²) in [6.45, 7) is 0. The van der Waals surface area contributed by atoms with Gasteiger partial charge in [0.15, 0.2) is 0 Å². The second-order valence-electron chi connectivity index (χ2n) is 2.30. The molecule has 0 fully saturated rings. The summed E-state index contributed by atoms with van der Waals surface area (Å²) < 4.78 is 22.1. The number of nitrogens with two attached hydrogens (primary N) is 1. The minimum Gasteiger partial charge on any atom is -0.225 e. The minimum absolute atomic E-state index is 0.0218. The van der Waals surface area contributed by atoms with Crippen LogP contribution in [0.15, 0.2) is 27.6 Å². The summed E-state index contributed by atoms with van der Waals surface area (Å²) in [6.07, 6.45) is 0. The predicted octanol–water partition coefficient (Wildman–Crippen LogP) is 0.968. The van der Waals surface area contributed by atoms with E-state index in [1.54, 1.807) is 0 Å². The molecule has 2 N–H and O–H groups in total. The predicted molar refractivity (Wildman–Crippen MR) is 50.2 cm³/mol. The van der Waals surface area contributed by atoms with E-state index < -0.39 is 10.0 Å². The van der Waals surface area contributed by atoms with Crippen LogP contribution in [0.5, 0.6) is 0 Å². The van der Waals surface area contributed by atoms with Gasteiger partial charge in [-0.05, 0) is 34.1 Å². The number of hydrogen-bond acceptors (Lipinski definition) is 3. The van der Waals surface area contributed by atoms with Gasteiger partial charge in [0.05, 0.1) is 16.5 Å². The van der Waals surface area contributed by atoms with Crippen LogP contribution in [-0.4, -0.2) is 8.42 Å². The highest BCUT2D eigenvalue weighted by atomic mass is 79.9.